The smallest absolute Gasteiger partial charge is 0.0799 e. The van der Waals surface area contributed by atoms with Gasteiger partial charge in [-0.3, -0.25) is 0 Å². The van der Waals surface area contributed by atoms with Gasteiger partial charge in [0.2, 0.25) is 0 Å². The molecular weight excluding hydrogens is 220 g/mol. The number of hydrogen-bond acceptors (Lipinski definition) is 1. The molecule has 0 amide bonds. The summed E-state index contributed by atoms with van der Waals surface area (Å²) in [5.74, 6) is 0. The van der Waals surface area contributed by atoms with E-state index in [9.17, 15) is 5.11 Å². The van der Waals surface area contributed by atoms with Crippen molar-refractivity contribution in [2.24, 2.45) is 0 Å². The maximum atomic E-state index is 10.3. The molecule has 1 atom stereocenters. The minimum atomic E-state index is -0.402. The van der Waals surface area contributed by atoms with Gasteiger partial charge in [-0.1, -0.05) is 55.5 Å². The summed E-state index contributed by atoms with van der Waals surface area (Å²) < 4.78 is 0. The summed E-state index contributed by atoms with van der Waals surface area (Å²) in [7, 11) is 0. The summed E-state index contributed by atoms with van der Waals surface area (Å²) >= 11 is 0. The summed E-state index contributed by atoms with van der Waals surface area (Å²) in [4.78, 5) is 0. The van der Waals surface area contributed by atoms with E-state index in [1.54, 1.807) is 0 Å². The Kier molecular flexibility index (Phi) is 2.77. The van der Waals surface area contributed by atoms with E-state index in [2.05, 4.69) is 30.3 Å². The lowest BCUT2D eigenvalue weighted by molar-refractivity contribution is 0.176. The second-order valence-corrected chi connectivity index (χ2v) is 4.66. The van der Waals surface area contributed by atoms with Gasteiger partial charge in [-0.25, -0.2) is 0 Å². The topological polar surface area (TPSA) is 20.2 Å². The van der Waals surface area contributed by atoms with Crippen LogP contribution in [0.2, 0.25) is 0 Å². The summed E-state index contributed by atoms with van der Waals surface area (Å²) in [6.07, 6.45) is 0.332. The summed E-state index contributed by atoms with van der Waals surface area (Å²) in [5, 5.41) is 15.0. The lowest BCUT2D eigenvalue weighted by atomic mass is 9.92. The first-order valence-corrected chi connectivity index (χ1v) is 6.39. The van der Waals surface area contributed by atoms with Crippen molar-refractivity contribution in [3.05, 3.63) is 60.2 Å². The standard InChI is InChI=1S/C17H16O/c1-2-16(18)17-14-9-5-3-7-12(14)11-13-8-4-6-10-15(13)17/h3-11,16,18H,2H2,1H3/t16-/m1/s1. The molecule has 1 heteroatoms. The van der Waals surface area contributed by atoms with Crippen LogP contribution in [0.15, 0.2) is 54.6 Å². The molecule has 0 aliphatic heterocycles. The third kappa shape index (κ3) is 1.68. The molecule has 0 spiro atoms. The molecular formula is C17H16O. The van der Waals surface area contributed by atoms with E-state index in [1.807, 2.05) is 31.2 Å². The summed E-state index contributed by atoms with van der Waals surface area (Å²) in [5.41, 5.74) is 1.06. The maximum Gasteiger partial charge on any atom is 0.0799 e. The Morgan fingerprint density at radius 3 is 1.89 bits per heavy atom. The van der Waals surface area contributed by atoms with Crippen molar-refractivity contribution < 1.29 is 5.11 Å². The zero-order chi connectivity index (χ0) is 12.5. The van der Waals surface area contributed by atoms with Crippen molar-refractivity contribution in [3.63, 3.8) is 0 Å². The Hall–Kier alpha value is -1.86. The fourth-order valence-electron chi connectivity index (χ4n) is 2.61. The van der Waals surface area contributed by atoms with E-state index in [4.69, 9.17) is 0 Å². The van der Waals surface area contributed by atoms with Gasteiger partial charge in [-0.05, 0) is 39.6 Å². The lowest BCUT2D eigenvalue weighted by Crippen LogP contribution is -1.98. The predicted octanol–water partition coefficient (Wildman–Crippen LogP) is 4.44. The molecule has 0 saturated heterocycles. The Balaban J connectivity index is 2.49. The maximum absolute atomic E-state index is 10.3. The van der Waals surface area contributed by atoms with Crippen LogP contribution >= 0.6 is 0 Å². The van der Waals surface area contributed by atoms with Gasteiger partial charge < -0.3 is 5.11 Å². The van der Waals surface area contributed by atoms with Gasteiger partial charge in [0.1, 0.15) is 0 Å². The molecule has 3 aromatic carbocycles. The fourth-order valence-corrected chi connectivity index (χ4v) is 2.61. The third-order valence-electron chi connectivity index (χ3n) is 3.53. The molecule has 1 nitrogen and oxygen atoms in total. The molecule has 1 N–H and O–H groups in total. The molecule has 0 aliphatic rings. The fraction of sp³-hybridized carbons (Fsp3) is 0.176. The highest BCUT2D eigenvalue weighted by Gasteiger charge is 2.13. The molecule has 18 heavy (non-hydrogen) atoms. The molecule has 90 valence electrons. The number of aliphatic hydroxyl groups is 1. The molecule has 0 aromatic heterocycles. The van der Waals surface area contributed by atoms with E-state index in [0.717, 1.165) is 22.8 Å². The van der Waals surface area contributed by atoms with Crippen LogP contribution in [0.5, 0.6) is 0 Å². The Morgan fingerprint density at radius 1 is 0.889 bits per heavy atom. The van der Waals surface area contributed by atoms with Gasteiger partial charge in [0.15, 0.2) is 0 Å². The average molecular weight is 236 g/mol. The summed E-state index contributed by atoms with van der Waals surface area (Å²) in [6.45, 7) is 2.02. The van der Waals surface area contributed by atoms with Crippen molar-refractivity contribution in [2.75, 3.05) is 0 Å². The highest BCUT2D eigenvalue weighted by Crippen LogP contribution is 2.33. The van der Waals surface area contributed by atoms with Crippen LogP contribution in [0.3, 0.4) is 0 Å². The second-order valence-electron chi connectivity index (χ2n) is 4.66. The highest BCUT2D eigenvalue weighted by molar-refractivity contribution is 6.02. The third-order valence-corrected chi connectivity index (χ3v) is 3.53. The lowest BCUT2D eigenvalue weighted by Gasteiger charge is -2.15. The quantitative estimate of drug-likeness (QED) is 0.652. The molecule has 0 bridgehead atoms. The van der Waals surface area contributed by atoms with Crippen LogP contribution in [0.1, 0.15) is 25.0 Å². The number of hydrogen-bond donors (Lipinski definition) is 1. The summed E-state index contributed by atoms with van der Waals surface area (Å²) in [6, 6.07) is 18.7. The van der Waals surface area contributed by atoms with Crippen LogP contribution in [0.4, 0.5) is 0 Å². The van der Waals surface area contributed by atoms with Crippen molar-refractivity contribution in [1.29, 1.82) is 0 Å². The predicted molar refractivity (Wildman–Crippen MR) is 76.7 cm³/mol. The molecule has 0 heterocycles. The van der Waals surface area contributed by atoms with Crippen molar-refractivity contribution in [2.45, 2.75) is 19.4 Å². The van der Waals surface area contributed by atoms with Gasteiger partial charge >= 0.3 is 0 Å². The Bertz CT molecular complexity index is 646. The van der Waals surface area contributed by atoms with E-state index in [-0.39, 0.29) is 0 Å². The Morgan fingerprint density at radius 2 is 1.39 bits per heavy atom. The molecule has 0 radical (unpaired) electrons. The van der Waals surface area contributed by atoms with E-state index in [1.165, 1.54) is 10.8 Å². The SMILES string of the molecule is CC[C@@H](O)c1c2ccccc2cc2ccccc12. The first-order valence-electron chi connectivity index (χ1n) is 6.39. The van der Waals surface area contributed by atoms with E-state index >= 15 is 0 Å². The normalized spacial score (nSPS) is 13.0. The van der Waals surface area contributed by atoms with E-state index < -0.39 is 6.10 Å². The molecule has 0 aliphatic carbocycles. The first-order chi connectivity index (χ1) is 8.81. The minimum Gasteiger partial charge on any atom is -0.388 e. The van der Waals surface area contributed by atoms with Gasteiger partial charge in [0.25, 0.3) is 0 Å². The van der Waals surface area contributed by atoms with Crippen LogP contribution < -0.4 is 0 Å². The molecule has 3 aromatic rings. The number of benzene rings is 3. The van der Waals surface area contributed by atoms with Crippen LogP contribution in [0, 0.1) is 0 Å². The van der Waals surface area contributed by atoms with Crippen molar-refractivity contribution in [3.8, 4) is 0 Å². The molecule has 3 rings (SSSR count). The second kappa shape index (κ2) is 4.43. The first kappa shape index (κ1) is 11.2. The van der Waals surface area contributed by atoms with Crippen LogP contribution in [-0.4, -0.2) is 5.11 Å². The van der Waals surface area contributed by atoms with Gasteiger partial charge in [-0.15, -0.1) is 0 Å². The van der Waals surface area contributed by atoms with Crippen molar-refractivity contribution in [1.82, 2.24) is 0 Å². The molecule has 0 fully saturated rings. The average Bonchev–Trinajstić information content (AvgIpc) is 2.44. The van der Waals surface area contributed by atoms with Gasteiger partial charge in [0.05, 0.1) is 6.10 Å². The zero-order valence-electron chi connectivity index (χ0n) is 10.4. The minimum absolute atomic E-state index is 0.402. The highest BCUT2D eigenvalue weighted by atomic mass is 16.3. The van der Waals surface area contributed by atoms with Gasteiger partial charge in [0, 0.05) is 0 Å². The zero-order valence-corrected chi connectivity index (χ0v) is 10.4. The van der Waals surface area contributed by atoms with Crippen LogP contribution in [-0.2, 0) is 0 Å². The van der Waals surface area contributed by atoms with Crippen molar-refractivity contribution >= 4 is 21.5 Å². The van der Waals surface area contributed by atoms with Gasteiger partial charge in [-0.2, -0.15) is 0 Å². The number of aliphatic hydroxyl groups excluding tert-OH is 1. The number of fused-ring (bicyclic) bond motifs is 2. The number of rotatable bonds is 2. The molecule has 0 saturated carbocycles. The van der Waals surface area contributed by atoms with E-state index in [0.29, 0.717) is 0 Å². The largest absolute Gasteiger partial charge is 0.388 e. The monoisotopic (exact) mass is 236 g/mol. The Labute approximate surface area is 107 Å². The molecule has 0 unspecified atom stereocenters. The van der Waals surface area contributed by atoms with Crippen LogP contribution in [0.25, 0.3) is 21.5 Å².